The lowest BCUT2D eigenvalue weighted by atomic mass is 10.1. The molecule has 12 nitrogen and oxygen atoms in total. The number of anilines is 3. The number of hydrogen-bond acceptors (Lipinski definition) is 9. The first-order chi connectivity index (χ1) is 24.5. The molecule has 15 heteroatoms. The van der Waals surface area contributed by atoms with Gasteiger partial charge in [-0.05, 0) is 55.0 Å². The number of hydrogen-bond donors (Lipinski definition) is 2. The number of carbonyl (C=O) groups is 2. The van der Waals surface area contributed by atoms with Gasteiger partial charge in [-0.15, -0.1) is 0 Å². The van der Waals surface area contributed by atoms with Gasteiger partial charge in [-0.3, -0.25) is 19.4 Å². The molecule has 2 aliphatic heterocycles. The molecular weight excluding hydrogens is 698 g/mol. The third kappa shape index (κ3) is 6.63. The molecule has 0 aliphatic carbocycles. The van der Waals surface area contributed by atoms with Crippen LogP contribution in [-0.2, 0) is 17.8 Å². The molecule has 51 heavy (non-hydrogen) atoms. The van der Waals surface area contributed by atoms with Crippen LogP contribution in [0, 0.1) is 5.82 Å². The van der Waals surface area contributed by atoms with Gasteiger partial charge in [0.2, 0.25) is 5.43 Å². The van der Waals surface area contributed by atoms with Gasteiger partial charge in [0.25, 0.3) is 11.9 Å². The number of nitrogens with zero attached hydrogens (tertiary/aromatic N) is 7. The molecule has 0 unspecified atom stereocenters. The van der Waals surface area contributed by atoms with Gasteiger partial charge in [-0.1, -0.05) is 35.3 Å². The maximum Gasteiger partial charge on any atom is 0.341 e. The summed E-state index contributed by atoms with van der Waals surface area (Å²) in [4.78, 5) is 57.1. The van der Waals surface area contributed by atoms with Gasteiger partial charge < -0.3 is 20.3 Å². The highest BCUT2D eigenvalue weighted by Gasteiger charge is 2.36. The Morgan fingerprint density at radius 3 is 2.41 bits per heavy atom. The molecule has 0 saturated carbocycles. The number of rotatable bonds is 8. The number of aliphatic imine (C=N–C) groups is 1. The Labute approximate surface area is 301 Å². The topological polar surface area (TPSA) is 150 Å². The molecule has 4 heterocycles. The van der Waals surface area contributed by atoms with Crippen molar-refractivity contribution >= 4 is 74.8 Å². The second-order valence-electron chi connectivity index (χ2n) is 12.3. The van der Waals surface area contributed by atoms with Crippen molar-refractivity contribution in [3.05, 3.63) is 115 Å². The average Bonchev–Trinajstić information content (AvgIpc) is 3.35. The van der Waals surface area contributed by atoms with Gasteiger partial charge in [0.15, 0.2) is 0 Å². The number of nitrogens with two attached hydrogens (primary N) is 1. The van der Waals surface area contributed by atoms with E-state index in [1.54, 1.807) is 52.1 Å². The second kappa shape index (κ2) is 13.7. The highest BCUT2D eigenvalue weighted by molar-refractivity contribution is 6.55. The second-order valence-corrected chi connectivity index (χ2v) is 13.1. The Morgan fingerprint density at radius 1 is 1.00 bits per heavy atom. The van der Waals surface area contributed by atoms with Crippen LogP contribution in [0.15, 0.2) is 76.8 Å². The number of benzene rings is 3. The van der Waals surface area contributed by atoms with Gasteiger partial charge in [0.1, 0.15) is 22.9 Å². The van der Waals surface area contributed by atoms with Crippen LogP contribution < -0.4 is 21.0 Å². The summed E-state index contributed by atoms with van der Waals surface area (Å²) in [5.41, 5.74) is 8.93. The van der Waals surface area contributed by atoms with E-state index in [9.17, 15) is 19.5 Å². The Kier molecular flexibility index (Phi) is 9.19. The number of piperazine rings is 1. The number of carbonyl (C=O) groups excluding carboxylic acids is 1. The molecule has 3 N–H and O–H groups in total. The van der Waals surface area contributed by atoms with Crippen LogP contribution in [0.25, 0.3) is 10.9 Å². The fourth-order valence-electron chi connectivity index (χ4n) is 6.44. The summed E-state index contributed by atoms with van der Waals surface area (Å²) >= 11 is 12.3. The van der Waals surface area contributed by atoms with Crippen molar-refractivity contribution in [1.82, 2.24) is 19.4 Å². The SMILES string of the molecule is CCn1cc(C(=O)O)c(=O)c2cc(F)c(N3CCN(CN4C(=O)/C(=N\c5ncc(Cc6ccc(Cl)cc6)c(N)n5)c5cc(Cl)ccc54)CC3)cc21. The largest absolute Gasteiger partial charge is 0.477 e. The van der Waals surface area contributed by atoms with Crippen LogP contribution in [0.4, 0.5) is 27.5 Å². The summed E-state index contributed by atoms with van der Waals surface area (Å²) in [5, 5.41) is 10.5. The highest BCUT2D eigenvalue weighted by atomic mass is 35.5. The minimum Gasteiger partial charge on any atom is -0.477 e. The lowest BCUT2D eigenvalue weighted by Gasteiger charge is -2.38. The number of halogens is 3. The van der Waals surface area contributed by atoms with E-state index in [0.717, 1.165) is 11.6 Å². The molecule has 7 rings (SSSR count). The normalized spacial score (nSPS) is 15.6. The van der Waals surface area contributed by atoms with Crippen molar-refractivity contribution in [2.45, 2.75) is 19.9 Å². The number of aromatic carboxylic acids is 1. The van der Waals surface area contributed by atoms with E-state index in [2.05, 4.69) is 19.9 Å². The molecule has 0 radical (unpaired) electrons. The molecule has 0 spiro atoms. The fraction of sp³-hybridized carbons (Fsp3) is 0.222. The number of fused-ring (bicyclic) bond motifs is 2. The maximum atomic E-state index is 15.5. The Morgan fingerprint density at radius 2 is 1.73 bits per heavy atom. The van der Waals surface area contributed by atoms with E-state index in [4.69, 9.17) is 28.9 Å². The number of aryl methyl sites for hydroxylation is 1. The van der Waals surface area contributed by atoms with Crippen LogP contribution >= 0.6 is 23.2 Å². The average molecular weight is 730 g/mol. The summed E-state index contributed by atoms with van der Waals surface area (Å²) in [5.74, 6) is -2.02. The van der Waals surface area contributed by atoms with E-state index >= 15 is 4.39 Å². The zero-order valence-electron chi connectivity index (χ0n) is 27.3. The van der Waals surface area contributed by atoms with Crippen molar-refractivity contribution in [1.29, 1.82) is 0 Å². The summed E-state index contributed by atoms with van der Waals surface area (Å²) < 4.78 is 17.1. The molecule has 3 aromatic carbocycles. The van der Waals surface area contributed by atoms with E-state index < -0.39 is 22.8 Å². The number of pyridine rings is 1. The third-order valence-electron chi connectivity index (χ3n) is 9.13. The molecule has 0 atom stereocenters. The summed E-state index contributed by atoms with van der Waals surface area (Å²) in [6.45, 7) is 4.36. The van der Waals surface area contributed by atoms with Crippen molar-refractivity contribution in [3.63, 3.8) is 0 Å². The number of carboxylic acid groups (broad SMARTS) is 1. The van der Waals surface area contributed by atoms with Gasteiger partial charge >= 0.3 is 5.97 Å². The molecular formula is C36H31Cl2FN8O4. The van der Waals surface area contributed by atoms with E-state index in [1.807, 2.05) is 24.0 Å². The van der Waals surface area contributed by atoms with Crippen LogP contribution in [0.5, 0.6) is 0 Å². The van der Waals surface area contributed by atoms with Crippen molar-refractivity contribution in [2.24, 2.45) is 4.99 Å². The van der Waals surface area contributed by atoms with E-state index in [1.165, 1.54) is 6.20 Å². The lowest BCUT2D eigenvalue weighted by molar-refractivity contribution is -0.112. The van der Waals surface area contributed by atoms with Crippen molar-refractivity contribution in [2.75, 3.05) is 48.4 Å². The zero-order valence-corrected chi connectivity index (χ0v) is 28.8. The molecule has 5 aromatic rings. The number of aromatic nitrogens is 3. The zero-order chi connectivity index (χ0) is 36.0. The number of carboxylic acids is 1. The number of amides is 1. The summed E-state index contributed by atoms with van der Waals surface area (Å²) in [7, 11) is 0. The first-order valence-corrected chi connectivity index (χ1v) is 16.9. The van der Waals surface area contributed by atoms with Gasteiger partial charge in [0.05, 0.1) is 23.6 Å². The minimum absolute atomic E-state index is 0.0161. The molecule has 1 fully saturated rings. The standard InChI is InChI=1S/C36H31Cl2FN8O4/c1-2-45-18-26(35(50)51)32(48)25-15-27(39)30(16-29(25)45)46-11-9-44(10-12-46)19-47-28-8-7-23(38)14-24(28)31(34(47)49)42-36-41-17-21(33(40)43-36)13-20-3-5-22(37)6-4-20/h3-8,14-18H,2,9-13,19H2,1H3,(H,50,51)(H2,40,41,43)/b42-31-. The van der Waals surface area contributed by atoms with Gasteiger partial charge in [-0.25, -0.2) is 19.2 Å². The Balaban J connectivity index is 1.09. The molecule has 2 aromatic heterocycles. The first kappa shape index (κ1) is 34.1. The monoisotopic (exact) mass is 728 g/mol. The summed E-state index contributed by atoms with van der Waals surface area (Å²) in [6.07, 6.45) is 3.39. The van der Waals surface area contributed by atoms with E-state index in [-0.39, 0.29) is 35.4 Å². The Hall–Kier alpha value is -5.37. The van der Waals surface area contributed by atoms with Gasteiger partial charge in [0, 0.05) is 78.1 Å². The van der Waals surface area contributed by atoms with Crippen LogP contribution in [0.1, 0.15) is 34.0 Å². The van der Waals surface area contributed by atoms with Crippen LogP contribution in [0.2, 0.25) is 10.0 Å². The summed E-state index contributed by atoms with van der Waals surface area (Å²) in [6, 6.07) is 15.3. The molecule has 260 valence electrons. The smallest absolute Gasteiger partial charge is 0.341 e. The molecule has 2 aliphatic rings. The van der Waals surface area contributed by atoms with E-state index in [0.29, 0.717) is 77.2 Å². The predicted octanol–water partition coefficient (Wildman–Crippen LogP) is 5.38. The lowest BCUT2D eigenvalue weighted by Crippen LogP contribution is -2.51. The first-order valence-electron chi connectivity index (χ1n) is 16.1. The molecule has 0 bridgehead atoms. The third-order valence-corrected chi connectivity index (χ3v) is 9.62. The minimum atomic E-state index is -1.36. The Bertz CT molecular complexity index is 2310. The molecule has 1 amide bonds. The van der Waals surface area contributed by atoms with Crippen molar-refractivity contribution in [3.8, 4) is 0 Å². The molecule has 1 saturated heterocycles. The van der Waals surface area contributed by atoms with Gasteiger partial charge in [-0.2, -0.15) is 4.98 Å². The highest BCUT2D eigenvalue weighted by Crippen LogP contribution is 2.34. The fourth-order valence-corrected chi connectivity index (χ4v) is 6.74. The van der Waals surface area contributed by atoms with Crippen molar-refractivity contribution < 1.29 is 19.1 Å². The maximum absolute atomic E-state index is 15.5. The van der Waals surface area contributed by atoms with Crippen LogP contribution in [-0.4, -0.2) is 75.0 Å². The quantitative estimate of drug-likeness (QED) is 0.215. The number of nitrogen functional groups attached to an aromatic ring is 1. The van der Waals surface area contributed by atoms with Crippen LogP contribution in [0.3, 0.4) is 0 Å². The predicted molar refractivity (Wildman–Crippen MR) is 195 cm³/mol.